The minimum atomic E-state index is -3.04. The second kappa shape index (κ2) is 7.87. The first-order valence-electron chi connectivity index (χ1n) is 6.78. The van der Waals surface area contributed by atoms with Gasteiger partial charge in [-0.2, -0.15) is 0 Å². The molecule has 1 rings (SSSR count). The van der Waals surface area contributed by atoms with E-state index in [0.29, 0.717) is 11.4 Å². The molecule has 2 amide bonds. The van der Waals surface area contributed by atoms with Gasteiger partial charge in [0.15, 0.2) is 9.84 Å². The van der Waals surface area contributed by atoms with Crippen molar-refractivity contribution in [3.8, 4) is 5.75 Å². The molecular formula is C14H22N2O4S. The van der Waals surface area contributed by atoms with Crippen molar-refractivity contribution >= 4 is 21.6 Å². The van der Waals surface area contributed by atoms with Crippen molar-refractivity contribution in [2.24, 2.45) is 0 Å². The molecule has 1 unspecified atom stereocenters. The second-order valence-corrected chi connectivity index (χ2v) is 7.17. The monoisotopic (exact) mass is 314 g/mol. The highest BCUT2D eigenvalue weighted by atomic mass is 32.2. The van der Waals surface area contributed by atoms with E-state index in [1.807, 2.05) is 13.8 Å². The molecule has 1 aromatic carbocycles. The van der Waals surface area contributed by atoms with Crippen molar-refractivity contribution in [2.45, 2.75) is 26.3 Å². The van der Waals surface area contributed by atoms with Crippen molar-refractivity contribution in [3.63, 3.8) is 0 Å². The highest BCUT2D eigenvalue weighted by Gasteiger charge is 2.07. The third-order valence-corrected chi connectivity index (χ3v) is 3.71. The summed E-state index contributed by atoms with van der Waals surface area (Å²) in [6.07, 6.45) is 2.01. The Balaban J connectivity index is 2.54. The van der Waals surface area contributed by atoms with Gasteiger partial charge in [-0.15, -0.1) is 0 Å². The molecule has 0 heterocycles. The van der Waals surface area contributed by atoms with Crippen LogP contribution in [0.3, 0.4) is 0 Å². The molecule has 0 aliphatic carbocycles. The van der Waals surface area contributed by atoms with Crippen LogP contribution < -0.4 is 15.4 Å². The number of ether oxygens (including phenoxy) is 1. The normalized spacial score (nSPS) is 12.5. The van der Waals surface area contributed by atoms with E-state index in [0.717, 1.165) is 12.7 Å². The van der Waals surface area contributed by atoms with Crippen LogP contribution in [0, 0.1) is 0 Å². The molecular weight excluding hydrogens is 292 g/mol. The zero-order valence-electron chi connectivity index (χ0n) is 12.5. The van der Waals surface area contributed by atoms with Crippen molar-refractivity contribution in [1.29, 1.82) is 0 Å². The van der Waals surface area contributed by atoms with Crippen LogP contribution in [-0.4, -0.2) is 39.1 Å². The first-order chi connectivity index (χ1) is 9.80. The van der Waals surface area contributed by atoms with Gasteiger partial charge in [-0.25, -0.2) is 13.2 Å². The number of carbonyl (C=O) groups excluding carboxylic acids is 1. The van der Waals surface area contributed by atoms with E-state index in [1.54, 1.807) is 24.3 Å². The molecule has 1 atom stereocenters. The molecule has 0 saturated carbocycles. The summed E-state index contributed by atoms with van der Waals surface area (Å²) in [6.45, 7) is 3.99. The fraction of sp³-hybridized carbons (Fsp3) is 0.500. The minimum absolute atomic E-state index is 0.0425. The molecule has 0 fully saturated rings. The van der Waals surface area contributed by atoms with Crippen molar-refractivity contribution in [3.05, 3.63) is 24.3 Å². The first kappa shape index (κ1) is 17.3. The standard InChI is InChI=1S/C14H22N2O4S/c1-4-11(2)15-14(17)16-12-6-5-7-13(10-12)20-8-9-21(3,18)19/h5-7,10-11H,4,8-9H2,1-3H3,(H2,15,16,17). The number of benzene rings is 1. The summed E-state index contributed by atoms with van der Waals surface area (Å²) in [6, 6.07) is 6.64. The van der Waals surface area contributed by atoms with Crippen molar-refractivity contribution in [1.82, 2.24) is 5.32 Å². The number of rotatable bonds is 7. The Kier molecular flexibility index (Phi) is 6.48. The number of hydrogen-bond acceptors (Lipinski definition) is 4. The SMILES string of the molecule is CCC(C)NC(=O)Nc1cccc(OCCS(C)(=O)=O)c1. The third-order valence-electron chi connectivity index (χ3n) is 2.80. The van der Waals surface area contributed by atoms with Crippen LogP contribution in [0.1, 0.15) is 20.3 Å². The molecule has 21 heavy (non-hydrogen) atoms. The molecule has 6 nitrogen and oxygen atoms in total. The summed E-state index contributed by atoms with van der Waals surface area (Å²) in [4.78, 5) is 11.7. The van der Waals surface area contributed by atoms with Crippen molar-refractivity contribution in [2.75, 3.05) is 23.9 Å². The highest BCUT2D eigenvalue weighted by molar-refractivity contribution is 7.90. The number of nitrogens with one attached hydrogen (secondary N) is 2. The molecule has 0 aliphatic rings. The summed E-state index contributed by atoms with van der Waals surface area (Å²) in [7, 11) is -3.04. The van der Waals surface area contributed by atoms with Crippen LogP contribution in [0.2, 0.25) is 0 Å². The Morgan fingerprint density at radius 3 is 2.71 bits per heavy atom. The van der Waals surface area contributed by atoms with E-state index in [2.05, 4.69) is 10.6 Å². The largest absolute Gasteiger partial charge is 0.492 e. The summed E-state index contributed by atoms with van der Waals surface area (Å²) >= 11 is 0. The number of carbonyl (C=O) groups is 1. The molecule has 0 aliphatic heterocycles. The highest BCUT2D eigenvalue weighted by Crippen LogP contribution is 2.17. The number of hydrogen-bond donors (Lipinski definition) is 2. The Bertz CT molecular complexity index is 572. The van der Waals surface area contributed by atoms with Crippen molar-refractivity contribution < 1.29 is 17.9 Å². The molecule has 0 saturated heterocycles. The molecule has 0 bridgehead atoms. The molecule has 118 valence electrons. The van der Waals surface area contributed by atoms with Gasteiger partial charge < -0.3 is 15.4 Å². The second-order valence-electron chi connectivity index (χ2n) is 4.91. The zero-order valence-corrected chi connectivity index (χ0v) is 13.4. The Labute approximate surface area is 125 Å². The lowest BCUT2D eigenvalue weighted by Gasteiger charge is -2.13. The molecule has 0 spiro atoms. The van der Waals surface area contributed by atoms with E-state index in [1.165, 1.54) is 0 Å². The van der Waals surface area contributed by atoms with E-state index in [-0.39, 0.29) is 24.4 Å². The lowest BCUT2D eigenvalue weighted by molar-refractivity contribution is 0.249. The van der Waals surface area contributed by atoms with E-state index in [4.69, 9.17) is 4.74 Å². The molecule has 7 heteroatoms. The maximum atomic E-state index is 11.7. The average molecular weight is 314 g/mol. The van der Waals surface area contributed by atoms with Crippen LogP contribution in [-0.2, 0) is 9.84 Å². The molecule has 2 N–H and O–H groups in total. The van der Waals surface area contributed by atoms with Gasteiger partial charge in [0.25, 0.3) is 0 Å². The number of amides is 2. The van der Waals surface area contributed by atoms with Crippen LogP contribution >= 0.6 is 0 Å². The maximum Gasteiger partial charge on any atom is 0.319 e. The quantitative estimate of drug-likeness (QED) is 0.806. The Hall–Kier alpha value is -1.76. The smallest absolute Gasteiger partial charge is 0.319 e. The van der Waals surface area contributed by atoms with Gasteiger partial charge in [0, 0.05) is 24.1 Å². The maximum absolute atomic E-state index is 11.7. The molecule has 1 aromatic rings. The predicted molar refractivity (Wildman–Crippen MR) is 83.6 cm³/mol. The first-order valence-corrected chi connectivity index (χ1v) is 8.84. The fourth-order valence-corrected chi connectivity index (χ4v) is 1.85. The van der Waals surface area contributed by atoms with Gasteiger partial charge in [0.05, 0.1) is 5.75 Å². The lowest BCUT2D eigenvalue weighted by atomic mass is 10.2. The third kappa shape index (κ3) is 7.55. The summed E-state index contributed by atoms with van der Waals surface area (Å²) < 4.78 is 27.4. The van der Waals surface area contributed by atoms with Gasteiger partial charge >= 0.3 is 6.03 Å². The number of anilines is 1. The molecule has 0 aromatic heterocycles. The topological polar surface area (TPSA) is 84.5 Å². The minimum Gasteiger partial charge on any atom is -0.492 e. The van der Waals surface area contributed by atoms with Gasteiger partial charge in [0.2, 0.25) is 0 Å². The summed E-state index contributed by atoms with van der Waals surface area (Å²) in [5, 5.41) is 5.50. The van der Waals surface area contributed by atoms with Gasteiger partial charge in [-0.3, -0.25) is 0 Å². The number of urea groups is 1. The fourth-order valence-electron chi connectivity index (χ4n) is 1.47. The average Bonchev–Trinajstić information content (AvgIpc) is 2.37. The predicted octanol–water partition coefficient (Wildman–Crippen LogP) is 2.03. The lowest BCUT2D eigenvalue weighted by Crippen LogP contribution is -2.35. The Morgan fingerprint density at radius 2 is 2.10 bits per heavy atom. The van der Waals surface area contributed by atoms with E-state index < -0.39 is 9.84 Å². The summed E-state index contributed by atoms with van der Waals surface area (Å²) in [5.74, 6) is 0.471. The van der Waals surface area contributed by atoms with Gasteiger partial charge in [-0.05, 0) is 25.5 Å². The van der Waals surface area contributed by atoms with Gasteiger partial charge in [-0.1, -0.05) is 13.0 Å². The number of sulfone groups is 1. The Morgan fingerprint density at radius 1 is 1.38 bits per heavy atom. The van der Waals surface area contributed by atoms with Gasteiger partial charge in [0.1, 0.15) is 12.4 Å². The van der Waals surface area contributed by atoms with Crippen LogP contribution in [0.15, 0.2) is 24.3 Å². The van der Waals surface area contributed by atoms with E-state index >= 15 is 0 Å². The van der Waals surface area contributed by atoms with Crippen LogP contribution in [0.25, 0.3) is 0 Å². The molecule has 0 radical (unpaired) electrons. The van der Waals surface area contributed by atoms with Crippen LogP contribution in [0.4, 0.5) is 10.5 Å². The van der Waals surface area contributed by atoms with Crippen LogP contribution in [0.5, 0.6) is 5.75 Å². The summed E-state index contributed by atoms with van der Waals surface area (Å²) in [5.41, 5.74) is 0.590. The zero-order chi connectivity index (χ0) is 15.9. The van der Waals surface area contributed by atoms with E-state index in [9.17, 15) is 13.2 Å².